The zero-order chi connectivity index (χ0) is 19.2. The minimum atomic E-state index is -0.152. The average molecular weight is 365 g/mol. The van der Waals surface area contributed by atoms with Crippen molar-refractivity contribution in [2.75, 3.05) is 11.9 Å². The number of hydrogen-bond donors (Lipinski definition) is 3. The van der Waals surface area contributed by atoms with E-state index in [0.717, 1.165) is 24.8 Å². The number of hydrogen-bond acceptors (Lipinski definition) is 3. The van der Waals surface area contributed by atoms with E-state index in [4.69, 9.17) is 5.73 Å². The monoisotopic (exact) mass is 365 g/mol. The highest BCUT2D eigenvalue weighted by Gasteiger charge is 2.32. The van der Waals surface area contributed by atoms with Gasteiger partial charge in [-0.1, -0.05) is 36.8 Å². The molecule has 3 rings (SSSR count). The zero-order valence-corrected chi connectivity index (χ0v) is 15.7. The molecular formula is C22H27N3O2. The van der Waals surface area contributed by atoms with Crippen LogP contribution in [-0.2, 0) is 4.79 Å². The number of amides is 2. The Bertz CT molecular complexity index is 791. The third-order valence-electron chi connectivity index (χ3n) is 5.34. The summed E-state index contributed by atoms with van der Waals surface area (Å²) in [5, 5.41) is 6.02. The second kappa shape index (κ2) is 8.82. The van der Waals surface area contributed by atoms with Crippen molar-refractivity contribution in [3.63, 3.8) is 0 Å². The number of anilines is 1. The normalized spacial score (nSPS) is 20.1. The van der Waals surface area contributed by atoms with Crippen LogP contribution in [-0.4, -0.2) is 18.4 Å². The summed E-state index contributed by atoms with van der Waals surface area (Å²) in [6.07, 6.45) is 3.01. The molecule has 0 radical (unpaired) electrons. The number of carbonyl (C=O) groups excluding carboxylic acids is 2. The Morgan fingerprint density at radius 2 is 1.89 bits per heavy atom. The van der Waals surface area contributed by atoms with E-state index in [1.54, 1.807) is 12.1 Å². The van der Waals surface area contributed by atoms with Crippen molar-refractivity contribution in [1.29, 1.82) is 0 Å². The van der Waals surface area contributed by atoms with Gasteiger partial charge in [-0.05, 0) is 62.1 Å². The maximum Gasteiger partial charge on any atom is 0.255 e. The average Bonchev–Trinajstić information content (AvgIpc) is 3.18. The highest BCUT2D eigenvalue weighted by molar-refractivity contribution is 6.04. The number of rotatable bonds is 6. The summed E-state index contributed by atoms with van der Waals surface area (Å²) in [6, 6.07) is 16.6. The fourth-order valence-electron chi connectivity index (χ4n) is 3.75. The minimum absolute atomic E-state index is 0.0124. The Labute approximate surface area is 160 Å². The van der Waals surface area contributed by atoms with Crippen LogP contribution in [0.2, 0.25) is 0 Å². The number of benzene rings is 2. The molecule has 0 heterocycles. The second-order valence-electron chi connectivity index (χ2n) is 7.21. The van der Waals surface area contributed by atoms with E-state index in [1.807, 2.05) is 49.4 Å². The highest BCUT2D eigenvalue weighted by atomic mass is 16.2. The molecule has 142 valence electrons. The fraction of sp³-hybridized carbons (Fsp3) is 0.364. The first-order valence-electron chi connectivity index (χ1n) is 9.55. The quantitative estimate of drug-likeness (QED) is 0.733. The van der Waals surface area contributed by atoms with Crippen molar-refractivity contribution in [3.05, 3.63) is 65.7 Å². The van der Waals surface area contributed by atoms with E-state index in [0.29, 0.717) is 17.8 Å². The molecule has 1 fully saturated rings. The molecule has 5 heteroatoms. The summed E-state index contributed by atoms with van der Waals surface area (Å²) < 4.78 is 0. The molecule has 0 bridgehead atoms. The Kier molecular flexibility index (Phi) is 6.24. The fourth-order valence-corrected chi connectivity index (χ4v) is 3.75. The van der Waals surface area contributed by atoms with Gasteiger partial charge in [0.15, 0.2) is 0 Å². The first-order valence-corrected chi connectivity index (χ1v) is 9.55. The first-order chi connectivity index (χ1) is 13.1. The van der Waals surface area contributed by atoms with Crippen LogP contribution in [0.15, 0.2) is 54.6 Å². The van der Waals surface area contributed by atoms with Gasteiger partial charge in [0.1, 0.15) is 0 Å². The molecule has 5 nitrogen and oxygen atoms in total. The molecular weight excluding hydrogens is 338 g/mol. The third-order valence-corrected chi connectivity index (χ3v) is 5.34. The molecule has 1 aliphatic carbocycles. The van der Waals surface area contributed by atoms with Gasteiger partial charge in [0.05, 0.1) is 6.04 Å². The molecule has 0 saturated heterocycles. The number of nitrogens with one attached hydrogen (secondary N) is 2. The lowest BCUT2D eigenvalue weighted by atomic mass is 9.94. The van der Waals surface area contributed by atoms with Crippen molar-refractivity contribution < 1.29 is 9.59 Å². The molecule has 4 N–H and O–H groups in total. The van der Waals surface area contributed by atoms with Gasteiger partial charge in [0.2, 0.25) is 5.91 Å². The number of nitrogens with two attached hydrogens (primary N) is 1. The van der Waals surface area contributed by atoms with E-state index >= 15 is 0 Å². The van der Waals surface area contributed by atoms with Crippen LogP contribution in [0, 0.1) is 11.8 Å². The number of carbonyl (C=O) groups is 2. The molecule has 1 saturated carbocycles. The molecule has 2 aromatic rings. The maximum absolute atomic E-state index is 12.6. The van der Waals surface area contributed by atoms with Gasteiger partial charge in [0, 0.05) is 17.2 Å². The van der Waals surface area contributed by atoms with Gasteiger partial charge >= 0.3 is 0 Å². The molecule has 2 aromatic carbocycles. The molecule has 1 unspecified atom stereocenters. The molecule has 1 aliphatic rings. The third kappa shape index (κ3) is 4.74. The second-order valence-corrected chi connectivity index (χ2v) is 7.21. The van der Waals surface area contributed by atoms with E-state index in [1.165, 1.54) is 0 Å². The van der Waals surface area contributed by atoms with Crippen molar-refractivity contribution in [2.45, 2.75) is 32.2 Å². The van der Waals surface area contributed by atoms with Crippen LogP contribution in [0.4, 0.5) is 5.69 Å². The molecule has 0 aliphatic heterocycles. The summed E-state index contributed by atoms with van der Waals surface area (Å²) in [4.78, 5) is 24.9. The lowest BCUT2D eigenvalue weighted by molar-refractivity contribution is -0.126. The van der Waals surface area contributed by atoms with Gasteiger partial charge in [-0.3, -0.25) is 9.59 Å². The maximum atomic E-state index is 12.6. The van der Waals surface area contributed by atoms with Crippen molar-refractivity contribution in [2.24, 2.45) is 17.6 Å². The Morgan fingerprint density at radius 1 is 1.11 bits per heavy atom. The van der Waals surface area contributed by atoms with Crippen LogP contribution in [0.25, 0.3) is 0 Å². The minimum Gasteiger partial charge on any atom is -0.349 e. The van der Waals surface area contributed by atoms with Gasteiger partial charge < -0.3 is 16.4 Å². The predicted octanol–water partition coefficient (Wildman–Crippen LogP) is 3.49. The van der Waals surface area contributed by atoms with Gasteiger partial charge in [-0.2, -0.15) is 0 Å². The van der Waals surface area contributed by atoms with Crippen molar-refractivity contribution in [3.8, 4) is 0 Å². The van der Waals surface area contributed by atoms with Crippen molar-refractivity contribution >= 4 is 17.5 Å². The Hall–Kier alpha value is -2.66. The molecule has 0 spiro atoms. The van der Waals surface area contributed by atoms with Crippen LogP contribution < -0.4 is 16.4 Å². The Morgan fingerprint density at radius 3 is 2.63 bits per heavy atom. The molecule has 0 aromatic heterocycles. The first kappa shape index (κ1) is 19.1. The van der Waals surface area contributed by atoms with Gasteiger partial charge in [-0.15, -0.1) is 0 Å². The lowest BCUT2D eigenvalue weighted by Gasteiger charge is -2.21. The van der Waals surface area contributed by atoms with E-state index < -0.39 is 0 Å². The summed E-state index contributed by atoms with van der Waals surface area (Å²) in [5.41, 5.74) is 8.07. The molecule has 3 atom stereocenters. The van der Waals surface area contributed by atoms with Crippen LogP contribution >= 0.6 is 0 Å². The highest BCUT2D eigenvalue weighted by Crippen LogP contribution is 2.31. The summed E-state index contributed by atoms with van der Waals surface area (Å²) >= 11 is 0. The van der Waals surface area contributed by atoms with Crippen LogP contribution in [0.5, 0.6) is 0 Å². The Balaban J connectivity index is 1.64. The van der Waals surface area contributed by atoms with Crippen LogP contribution in [0.3, 0.4) is 0 Å². The smallest absolute Gasteiger partial charge is 0.255 e. The van der Waals surface area contributed by atoms with Crippen molar-refractivity contribution in [1.82, 2.24) is 5.32 Å². The SMILES string of the molecule is CC(NC(=O)[C@@H]1CCC[C@@H]1CN)c1cccc(NC(=O)c2ccccc2)c1. The van der Waals surface area contributed by atoms with Gasteiger partial charge in [-0.25, -0.2) is 0 Å². The zero-order valence-electron chi connectivity index (χ0n) is 15.7. The van der Waals surface area contributed by atoms with Crippen LogP contribution in [0.1, 0.15) is 48.1 Å². The molecule has 2 amide bonds. The largest absolute Gasteiger partial charge is 0.349 e. The summed E-state index contributed by atoms with van der Waals surface area (Å²) in [7, 11) is 0. The van der Waals surface area contributed by atoms with E-state index in [2.05, 4.69) is 10.6 Å². The molecule has 27 heavy (non-hydrogen) atoms. The summed E-state index contributed by atoms with van der Waals surface area (Å²) in [6.45, 7) is 2.52. The summed E-state index contributed by atoms with van der Waals surface area (Å²) in [5.74, 6) is 0.225. The van der Waals surface area contributed by atoms with E-state index in [-0.39, 0.29) is 29.7 Å². The predicted molar refractivity (Wildman–Crippen MR) is 107 cm³/mol. The topological polar surface area (TPSA) is 84.2 Å². The van der Waals surface area contributed by atoms with Gasteiger partial charge in [0.25, 0.3) is 5.91 Å². The van der Waals surface area contributed by atoms with E-state index in [9.17, 15) is 9.59 Å². The standard InChI is InChI=1S/C22H27N3O2/c1-15(24-22(27)20-12-6-10-18(20)14-23)17-9-5-11-19(13-17)25-21(26)16-7-3-2-4-8-16/h2-5,7-9,11,13,15,18,20H,6,10,12,14,23H2,1H3,(H,24,27)(H,25,26)/t15?,18-,20-/m1/s1. The lowest BCUT2D eigenvalue weighted by Crippen LogP contribution is -2.36.